The smallest absolute Gasteiger partial charge is 0.262 e. The number of sulfonamides is 1. The van der Waals surface area contributed by atoms with Gasteiger partial charge in [-0.1, -0.05) is 29.8 Å². The third-order valence-corrected chi connectivity index (χ3v) is 5.98. The van der Waals surface area contributed by atoms with Crippen molar-refractivity contribution in [3.8, 4) is 5.75 Å². The Labute approximate surface area is 185 Å². The fraction of sp³-hybridized carbons (Fsp3) is 0.136. The van der Waals surface area contributed by atoms with Crippen LogP contribution < -0.4 is 9.46 Å². The van der Waals surface area contributed by atoms with Gasteiger partial charge in [-0.05, 0) is 54.6 Å². The molecule has 0 spiro atoms. The van der Waals surface area contributed by atoms with Crippen molar-refractivity contribution in [2.75, 3.05) is 24.9 Å². The Morgan fingerprint density at radius 1 is 1.06 bits per heavy atom. The second kappa shape index (κ2) is 9.80. The molecule has 31 heavy (non-hydrogen) atoms. The molecule has 1 amide bonds. The highest BCUT2D eigenvalue weighted by Gasteiger charge is 2.19. The first-order chi connectivity index (χ1) is 14.8. The van der Waals surface area contributed by atoms with Crippen LogP contribution in [0.2, 0.25) is 5.02 Å². The van der Waals surface area contributed by atoms with Gasteiger partial charge in [0.1, 0.15) is 18.2 Å². The van der Waals surface area contributed by atoms with Crippen LogP contribution in [0.1, 0.15) is 10.4 Å². The van der Waals surface area contributed by atoms with Gasteiger partial charge in [-0.2, -0.15) is 0 Å². The molecule has 0 aromatic heterocycles. The zero-order valence-corrected chi connectivity index (χ0v) is 18.2. The van der Waals surface area contributed by atoms with Crippen LogP contribution in [0.4, 0.5) is 10.1 Å². The maximum absolute atomic E-state index is 13.8. The Bertz CT molecular complexity index is 1170. The normalized spacial score (nSPS) is 11.1. The van der Waals surface area contributed by atoms with Gasteiger partial charge in [0.15, 0.2) is 0 Å². The van der Waals surface area contributed by atoms with E-state index in [1.54, 1.807) is 31.3 Å². The molecular weight excluding hydrogens is 443 g/mol. The predicted molar refractivity (Wildman–Crippen MR) is 118 cm³/mol. The quantitative estimate of drug-likeness (QED) is 0.537. The van der Waals surface area contributed by atoms with E-state index in [4.69, 9.17) is 16.3 Å². The number of halogens is 2. The van der Waals surface area contributed by atoms with Crippen LogP contribution in [0.15, 0.2) is 77.7 Å². The van der Waals surface area contributed by atoms with Crippen LogP contribution >= 0.6 is 11.6 Å². The average Bonchev–Trinajstić information content (AvgIpc) is 2.76. The minimum Gasteiger partial charge on any atom is -0.492 e. The first-order valence-electron chi connectivity index (χ1n) is 9.27. The molecule has 0 aliphatic heterocycles. The number of nitrogens with zero attached hydrogens (tertiary/aromatic N) is 1. The van der Waals surface area contributed by atoms with Crippen molar-refractivity contribution in [1.29, 1.82) is 0 Å². The van der Waals surface area contributed by atoms with Crippen LogP contribution in [0, 0.1) is 5.82 Å². The summed E-state index contributed by atoms with van der Waals surface area (Å²) >= 11 is 5.83. The lowest BCUT2D eigenvalue weighted by atomic mass is 10.2. The fourth-order valence-corrected chi connectivity index (χ4v) is 3.94. The lowest BCUT2D eigenvalue weighted by Crippen LogP contribution is -2.31. The third-order valence-electron chi connectivity index (χ3n) is 4.37. The number of benzene rings is 3. The van der Waals surface area contributed by atoms with E-state index in [9.17, 15) is 17.6 Å². The van der Waals surface area contributed by atoms with Crippen molar-refractivity contribution in [2.45, 2.75) is 4.90 Å². The molecule has 0 atom stereocenters. The van der Waals surface area contributed by atoms with Gasteiger partial charge in [-0.3, -0.25) is 9.52 Å². The van der Waals surface area contributed by atoms with Crippen LogP contribution in [-0.4, -0.2) is 39.4 Å². The Balaban J connectivity index is 1.66. The number of amides is 1. The molecule has 0 aliphatic carbocycles. The van der Waals surface area contributed by atoms with E-state index < -0.39 is 15.8 Å². The van der Waals surface area contributed by atoms with E-state index in [-0.39, 0.29) is 35.2 Å². The number of hydrogen-bond acceptors (Lipinski definition) is 4. The summed E-state index contributed by atoms with van der Waals surface area (Å²) in [6.45, 7) is 0.530. The number of hydrogen-bond donors (Lipinski definition) is 1. The van der Waals surface area contributed by atoms with Crippen LogP contribution in [0.25, 0.3) is 0 Å². The Hall–Kier alpha value is -3.10. The van der Waals surface area contributed by atoms with Crippen molar-refractivity contribution < 1.29 is 22.3 Å². The van der Waals surface area contributed by atoms with E-state index in [0.29, 0.717) is 10.8 Å². The highest BCUT2D eigenvalue weighted by Crippen LogP contribution is 2.20. The van der Waals surface area contributed by atoms with Gasteiger partial charge >= 0.3 is 0 Å². The van der Waals surface area contributed by atoms with Crippen LogP contribution in [-0.2, 0) is 10.0 Å². The fourth-order valence-electron chi connectivity index (χ4n) is 2.70. The SMILES string of the molecule is CN(CCOc1ccc(Cl)cc1)C(=O)c1cccc(S(=O)(=O)Nc2ccccc2F)c1. The Morgan fingerprint density at radius 3 is 2.48 bits per heavy atom. The molecule has 0 unspecified atom stereocenters. The van der Waals surface area contributed by atoms with Gasteiger partial charge in [0.2, 0.25) is 0 Å². The largest absolute Gasteiger partial charge is 0.492 e. The molecule has 162 valence electrons. The van der Waals surface area contributed by atoms with Gasteiger partial charge in [0.25, 0.3) is 15.9 Å². The van der Waals surface area contributed by atoms with E-state index in [1.165, 1.54) is 47.4 Å². The number of anilines is 1. The zero-order valence-electron chi connectivity index (χ0n) is 16.6. The summed E-state index contributed by atoms with van der Waals surface area (Å²) in [6.07, 6.45) is 0. The minimum atomic E-state index is -4.07. The second-order valence-electron chi connectivity index (χ2n) is 6.64. The van der Waals surface area contributed by atoms with Gasteiger partial charge in [0.05, 0.1) is 17.1 Å². The Morgan fingerprint density at radius 2 is 1.77 bits per heavy atom. The molecule has 9 heteroatoms. The first kappa shape index (κ1) is 22.6. The molecule has 0 bridgehead atoms. The topological polar surface area (TPSA) is 75.7 Å². The monoisotopic (exact) mass is 462 g/mol. The second-order valence-corrected chi connectivity index (χ2v) is 8.76. The molecule has 0 heterocycles. The van der Waals surface area contributed by atoms with E-state index >= 15 is 0 Å². The molecule has 0 saturated heterocycles. The summed E-state index contributed by atoms with van der Waals surface area (Å²) in [6, 6.07) is 17.9. The van der Waals surface area contributed by atoms with E-state index in [2.05, 4.69) is 4.72 Å². The molecule has 0 fully saturated rings. The van der Waals surface area contributed by atoms with Crippen molar-refractivity contribution in [3.63, 3.8) is 0 Å². The van der Waals surface area contributed by atoms with Crippen LogP contribution in [0.3, 0.4) is 0 Å². The Kier molecular flexibility index (Phi) is 7.14. The molecule has 0 saturated carbocycles. The van der Waals surface area contributed by atoms with Crippen molar-refractivity contribution in [1.82, 2.24) is 4.90 Å². The number of nitrogens with one attached hydrogen (secondary N) is 1. The maximum Gasteiger partial charge on any atom is 0.262 e. The molecule has 3 rings (SSSR count). The maximum atomic E-state index is 13.8. The summed E-state index contributed by atoms with van der Waals surface area (Å²) in [5.74, 6) is -0.445. The van der Waals surface area contributed by atoms with Gasteiger partial charge < -0.3 is 9.64 Å². The van der Waals surface area contributed by atoms with Crippen LogP contribution in [0.5, 0.6) is 5.75 Å². The average molecular weight is 463 g/mol. The number of ether oxygens (including phenoxy) is 1. The number of rotatable bonds is 8. The van der Waals surface area contributed by atoms with Crippen molar-refractivity contribution in [3.05, 3.63) is 89.2 Å². The molecule has 1 N–H and O–H groups in total. The number of para-hydroxylation sites is 1. The lowest BCUT2D eigenvalue weighted by molar-refractivity contribution is 0.0773. The summed E-state index contributed by atoms with van der Waals surface area (Å²) in [4.78, 5) is 14.0. The van der Waals surface area contributed by atoms with Crippen molar-refractivity contribution >= 4 is 33.2 Å². The minimum absolute atomic E-state index is 0.146. The van der Waals surface area contributed by atoms with E-state index in [1.807, 2.05) is 0 Å². The molecule has 6 nitrogen and oxygen atoms in total. The van der Waals surface area contributed by atoms with Gasteiger partial charge in [-0.25, -0.2) is 12.8 Å². The number of carbonyl (C=O) groups is 1. The molecular formula is C22H20ClFN2O4S. The summed E-state index contributed by atoms with van der Waals surface area (Å²) in [7, 11) is -2.48. The molecule has 3 aromatic carbocycles. The highest BCUT2D eigenvalue weighted by molar-refractivity contribution is 7.92. The number of carbonyl (C=O) groups excluding carboxylic acids is 1. The summed E-state index contributed by atoms with van der Waals surface area (Å²) < 4.78 is 46.8. The molecule has 0 radical (unpaired) electrons. The summed E-state index contributed by atoms with van der Waals surface area (Å²) in [5, 5.41) is 0.596. The third kappa shape index (κ3) is 5.96. The standard InChI is InChI=1S/C22H20ClFN2O4S/c1-26(13-14-30-18-11-9-17(23)10-12-18)22(27)16-5-4-6-19(15-16)31(28,29)25-21-8-3-2-7-20(21)24/h2-12,15,25H,13-14H2,1H3. The highest BCUT2D eigenvalue weighted by atomic mass is 35.5. The molecule has 3 aromatic rings. The lowest BCUT2D eigenvalue weighted by Gasteiger charge is -2.18. The van der Waals surface area contributed by atoms with Crippen molar-refractivity contribution in [2.24, 2.45) is 0 Å². The number of likely N-dealkylation sites (N-methyl/N-ethyl adjacent to an activating group) is 1. The predicted octanol–water partition coefficient (Wildman–Crippen LogP) is 4.43. The van der Waals surface area contributed by atoms with E-state index in [0.717, 1.165) is 6.07 Å². The zero-order chi connectivity index (χ0) is 22.4. The first-order valence-corrected chi connectivity index (χ1v) is 11.1. The van der Waals surface area contributed by atoms with Gasteiger partial charge in [0, 0.05) is 17.6 Å². The van der Waals surface area contributed by atoms with Gasteiger partial charge in [-0.15, -0.1) is 0 Å². The summed E-state index contributed by atoms with van der Waals surface area (Å²) in [5.41, 5.74) is 0.0149. The molecule has 0 aliphatic rings.